The number of nitrogens with zero attached hydrogens (tertiary/aromatic N) is 1. The Bertz CT molecular complexity index is 202. The summed E-state index contributed by atoms with van der Waals surface area (Å²) in [7, 11) is 0. The molecular formula is C9H17N3. The molecule has 0 atom stereocenters. The molecule has 0 aromatic carbocycles. The molecule has 0 saturated heterocycles. The lowest BCUT2D eigenvalue weighted by Crippen LogP contribution is -2.28. The first-order chi connectivity index (χ1) is 5.66. The van der Waals surface area contributed by atoms with E-state index in [9.17, 15) is 0 Å². The zero-order valence-corrected chi connectivity index (χ0v) is 7.59. The molecule has 68 valence electrons. The van der Waals surface area contributed by atoms with Crippen molar-refractivity contribution in [3.8, 4) is 0 Å². The maximum Gasteiger partial charge on any atom is 0.0652 e. The van der Waals surface area contributed by atoms with Crippen molar-refractivity contribution in [1.29, 1.82) is 0 Å². The summed E-state index contributed by atoms with van der Waals surface area (Å²) >= 11 is 0. The fourth-order valence-corrected chi connectivity index (χ4v) is 1.35. The van der Waals surface area contributed by atoms with E-state index in [4.69, 9.17) is 11.5 Å². The van der Waals surface area contributed by atoms with Gasteiger partial charge in [-0.2, -0.15) is 0 Å². The van der Waals surface area contributed by atoms with Crippen molar-refractivity contribution >= 4 is 6.21 Å². The van der Waals surface area contributed by atoms with E-state index in [1.54, 1.807) is 6.21 Å². The van der Waals surface area contributed by atoms with E-state index in [0.717, 1.165) is 6.54 Å². The predicted octanol–water partition coefficient (Wildman–Crippen LogP) is 1.01. The minimum absolute atomic E-state index is 0.436. The van der Waals surface area contributed by atoms with Crippen LogP contribution in [-0.4, -0.2) is 12.8 Å². The van der Waals surface area contributed by atoms with Gasteiger partial charge >= 0.3 is 0 Å². The van der Waals surface area contributed by atoms with E-state index in [1.165, 1.54) is 25.5 Å². The molecule has 1 saturated carbocycles. The van der Waals surface area contributed by atoms with Crippen LogP contribution in [0, 0.1) is 5.41 Å². The zero-order chi connectivity index (χ0) is 9.03. The monoisotopic (exact) mass is 167 g/mol. The molecule has 0 bridgehead atoms. The fourth-order valence-electron chi connectivity index (χ4n) is 1.35. The van der Waals surface area contributed by atoms with Crippen molar-refractivity contribution in [3.05, 3.63) is 11.9 Å². The van der Waals surface area contributed by atoms with Crippen LogP contribution in [0.3, 0.4) is 0 Å². The molecule has 0 amide bonds. The van der Waals surface area contributed by atoms with Crippen LogP contribution in [0.15, 0.2) is 16.9 Å². The third-order valence-electron chi connectivity index (χ3n) is 2.47. The molecular weight excluding hydrogens is 150 g/mol. The number of hydrogen-bond acceptors (Lipinski definition) is 3. The maximum absolute atomic E-state index is 5.45. The number of aliphatic imine (C=N–C) groups is 1. The van der Waals surface area contributed by atoms with E-state index in [2.05, 4.69) is 11.9 Å². The van der Waals surface area contributed by atoms with Gasteiger partial charge in [0.15, 0.2) is 0 Å². The summed E-state index contributed by atoms with van der Waals surface area (Å²) in [6.07, 6.45) is 6.93. The van der Waals surface area contributed by atoms with Crippen molar-refractivity contribution < 1.29 is 0 Å². The summed E-state index contributed by atoms with van der Waals surface area (Å²) in [4.78, 5) is 4.24. The third kappa shape index (κ3) is 2.26. The third-order valence-corrected chi connectivity index (χ3v) is 2.47. The van der Waals surface area contributed by atoms with E-state index in [1.807, 2.05) is 0 Å². The molecule has 12 heavy (non-hydrogen) atoms. The molecule has 4 N–H and O–H groups in total. The lowest BCUT2D eigenvalue weighted by Gasteiger charge is -2.36. The minimum Gasteiger partial charge on any atom is -0.403 e. The van der Waals surface area contributed by atoms with Crippen LogP contribution in [0.1, 0.15) is 26.2 Å². The van der Waals surface area contributed by atoms with Crippen molar-refractivity contribution in [2.24, 2.45) is 21.9 Å². The summed E-state index contributed by atoms with van der Waals surface area (Å²) in [6, 6.07) is 0. The number of hydrogen-bond donors (Lipinski definition) is 2. The Morgan fingerprint density at radius 2 is 2.25 bits per heavy atom. The Hall–Kier alpha value is -0.990. The normalized spacial score (nSPS) is 22.6. The SMILES string of the molecule is CC1(CN=C/C(N)=C\N)CCC1. The van der Waals surface area contributed by atoms with Gasteiger partial charge < -0.3 is 11.5 Å². The first-order valence-electron chi connectivity index (χ1n) is 4.33. The molecule has 0 heterocycles. The van der Waals surface area contributed by atoms with Gasteiger partial charge in [0, 0.05) is 19.0 Å². The first kappa shape index (κ1) is 9.10. The maximum atomic E-state index is 5.45. The van der Waals surface area contributed by atoms with Crippen LogP contribution in [-0.2, 0) is 0 Å². The molecule has 3 nitrogen and oxygen atoms in total. The average molecular weight is 167 g/mol. The van der Waals surface area contributed by atoms with E-state index in [0.29, 0.717) is 11.1 Å². The Labute approximate surface area is 73.5 Å². The molecule has 0 aromatic rings. The molecule has 0 aromatic heterocycles. The largest absolute Gasteiger partial charge is 0.403 e. The second kappa shape index (κ2) is 3.61. The number of rotatable bonds is 3. The van der Waals surface area contributed by atoms with Crippen LogP contribution < -0.4 is 11.5 Å². The van der Waals surface area contributed by atoms with Crippen LogP contribution >= 0.6 is 0 Å². The van der Waals surface area contributed by atoms with Crippen molar-refractivity contribution in [1.82, 2.24) is 0 Å². The van der Waals surface area contributed by atoms with E-state index < -0.39 is 0 Å². The Morgan fingerprint density at radius 1 is 1.58 bits per heavy atom. The van der Waals surface area contributed by atoms with E-state index >= 15 is 0 Å². The lowest BCUT2D eigenvalue weighted by molar-refractivity contribution is 0.174. The van der Waals surface area contributed by atoms with Gasteiger partial charge in [-0.25, -0.2) is 0 Å². The smallest absolute Gasteiger partial charge is 0.0652 e. The topological polar surface area (TPSA) is 64.4 Å². The van der Waals surface area contributed by atoms with Gasteiger partial charge in [-0.1, -0.05) is 13.3 Å². The average Bonchev–Trinajstić information content (AvgIpc) is 2.01. The Morgan fingerprint density at radius 3 is 2.67 bits per heavy atom. The standard InChI is InChI=1S/C9H17N3/c1-9(3-2-4-9)7-12-6-8(11)5-10/h5-6H,2-4,7,10-11H2,1H3/b8-5+,12-6?. The van der Waals surface area contributed by atoms with Gasteiger partial charge in [-0.05, 0) is 18.3 Å². The molecule has 0 aliphatic heterocycles. The molecule has 3 heteroatoms. The summed E-state index contributed by atoms with van der Waals surface area (Å²) < 4.78 is 0. The van der Waals surface area contributed by atoms with Gasteiger partial charge in [0.1, 0.15) is 0 Å². The minimum atomic E-state index is 0.436. The van der Waals surface area contributed by atoms with Crippen molar-refractivity contribution in [2.75, 3.05) is 6.54 Å². The van der Waals surface area contributed by atoms with Gasteiger partial charge in [0.2, 0.25) is 0 Å². The highest BCUT2D eigenvalue weighted by Crippen LogP contribution is 2.40. The highest BCUT2D eigenvalue weighted by Gasteiger charge is 2.30. The molecule has 0 unspecified atom stereocenters. The quantitative estimate of drug-likeness (QED) is 0.616. The second-order valence-corrected chi connectivity index (χ2v) is 3.80. The summed E-state index contributed by atoms with van der Waals surface area (Å²) in [6.45, 7) is 3.14. The number of nitrogens with two attached hydrogens (primary N) is 2. The van der Waals surface area contributed by atoms with Gasteiger partial charge in [0.05, 0.1) is 5.70 Å². The van der Waals surface area contributed by atoms with Crippen LogP contribution in [0.25, 0.3) is 0 Å². The Balaban J connectivity index is 2.29. The van der Waals surface area contributed by atoms with Crippen molar-refractivity contribution in [3.63, 3.8) is 0 Å². The molecule has 0 radical (unpaired) electrons. The van der Waals surface area contributed by atoms with Gasteiger partial charge in [-0.15, -0.1) is 0 Å². The molecule has 1 fully saturated rings. The molecule has 0 spiro atoms. The second-order valence-electron chi connectivity index (χ2n) is 3.80. The van der Waals surface area contributed by atoms with Crippen LogP contribution in [0.5, 0.6) is 0 Å². The summed E-state index contributed by atoms with van der Waals surface area (Å²) in [5.41, 5.74) is 11.6. The lowest BCUT2D eigenvalue weighted by atomic mass is 9.71. The Kier molecular flexibility index (Phi) is 2.74. The molecule has 1 aliphatic carbocycles. The predicted molar refractivity (Wildman–Crippen MR) is 51.8 cm³/mol. The van der Waals surface area contributed by atoms with Gasteiger partial charge in [0.25, 0.3) is 0 Å². The van der Waals surface area contributed by atoms with Crippen molar-refractivity contribution in [2.45, 2.75) is 26.2 Å². The fraction of sp³-hybridized carbons (Fsp3) is 0.667. The molecule has 1 aliphatic rings. The first-order valence-corrected chi connectivity index (χ1v) is 4.33. The van der Waals surface area contributed by atoms with E-state index in [-0.39, 0.29) is 0 Å². The zero-order valence-electron chi connectivity index (χ0n) is 7.59. The van der Waals surface area contributed by atoms with Crippen LogP contribution in [0.2, 0.25) is 0 Å². The van der Waals surface area contributed by atoms with Gasteiger partial charge in [-0.3, -0.25) is 4.99 Å². The summed E-state index contributed by atoms with van der Waals surface area (Å²) in [5, 5.41) is 0. The summed E-state index contributed by atoms with van der Waals surface area (Å²) in [5.74, 6) is 0. The molecule has 1 rings (SSSR count). The van der Waals surface area contributed by atoms with Crippen LogP contribution in [0.4, 0.5) is 0 Å². The number of allylic oxidation sites excluding steroid dienone is 1. The highest BCUT2D eigenvalue weighted by atomic mass is 14.8. The highest BCUT2D eigenvalue weighted by molar-refractivity contribution is 5.76.